The summed E-state index contributed by atoms with van der Waals surface area (Å²) in [5.41, 5.74) is 3.56. The van der Waals surface area contributed by atoms with Gasteiger partial charge in [-0.2, -0.15) is 0 Å². The van der Waals surface area contributed by atoms with Crippen LogP contribution in [0.5, 0.6) is 0 Å². The van der Waals surface area contributed by atoms with E-state index in [4.69, 9.17) is 5.11 Å². The molecule has 0 saturated heterocycles. The highest BCUT2D eigenvalue weighted by atomic mass is 16.4. The van der Waals surface area contributed by atoms with E-state index < -0.39 is 5.97 Å². The number of aromatic nitrogens is 1. The molecule has 0 bridgehead atoms. The van der Waals surface area contributed by atoms with Gasteiger partial charge in [-0.25, -0.2) is 0 Å². The molecule has 0 spiro atoms. The molecule has 118 valence electrons. The molecule has 0 atom stereocenters. The number of nitrogens with one attached hydrogen (secondary N) is 2. The van der Waals surface area contributed by atoms with E-state index in [9.17, 15) is 9.59 Å². The molecule has 2 rings (SSSR count). The minimum atomic E-state index is -0.810. The maximum atomic E-state index is 11.7. The van der Waals surface area contributed by atoms with Crippen molar-refractivity contribution in [2.45, 2.75) is 39.0 Å². The second kappa shape index (κ2) is 7.64. The van der Waals surface area contributed by atoms with Crippen molar-refractivity contribution in [3.05, 3.63) is 35.5 Å². The van der Waals surface area contributed by atoms with Gasteiger partial charge in [0.05, 0.1) is 0 Å². The molecular weight excluding hydrogens is 280 g/mol. The molecule has 2 aromatic rings. The van der Waals surface area contributed by atoms with Crippen LogP contribution >= 0.6 is 0 Å². The Morgan fingerprint density at radius 3 is 2.77 bits per heavy atom. The third kappa shape index (κ3) is 4.35. The summed E-state index contributed by atoms with van der Waals surface area (Å²) in [5.74, 6) is -0.823. The van der Waals surface area contributed by atoms with Crippen molar-refractivity contribution in [2.24, 2.45) is 0 Å². The van der Waals surface area contributed by atoms with Crippen molar-refractivity contribution in [1.29, 1.82) is 0 Å². The Morgan fingerprint density at radius 1 is 1.23 bits per heavy atom. The minimum absolute atomic E-state index is 0.0126. The van der Waals surface area contributed by atoms with Crippen LogP contribution in [0.3, 0.4) is 0 Å². The summed E-state index contributed by atoms with van der Waals surface area (Å²) in [6.45, 7) is 2.67. The first kappa shape index (κ1) is 16.1. The average molecular weight is 302 g/mol. The second-order valence-corrected chi connectivity index (χ2v) is 5.51. The first-order valence-electron chi connectivity index (χ1n) is 7.62. The summed E-state index contributed by atoms with van der Waals surface area (Å²) in [6.07, 6.45) is 4.46. The second-order valence-electron chi connectivity index (χ2n) is 5.51. The van der Waals surface area contributed by atoms with Gasteiger partial charge in [-0.1, -0.05) is 18.2 Å². The lowest BCUT2D eigenvalue weighted by atomic mass is 10.1. The zero-order chi connectivity index (χ0) is 15.9. The summed E-state index contributed by atoms with van der Waals surface area (Å²) < 4.78 is 0. The number of fused-ring (bicyclic) bond motifs is 1. The van der Waals surface area contributed by atoms with Gasteiger partial charge in [0.2, 0.25) is 5.91 Å². The van der Waals surface area contributed by atoms with E-state index in [1.807, 2.05) is 12.3 Å². The molecule has 0 aliphatic heterocycles. The SMILES string of the molecule is Cc1cccc2c(CCNC(=O)CCCCC(=O)O)c[nH]c12. The number of H-pyrrole nitrogens is 1. The Morgan fingerprint density at radius 2 is 2.00 bits per heavy atom. The lowest BCUT2D eigenvalue weighted by Gasteiger charge is -2.05. The maximum absolute atomic E-state index is 11.7. The summed E-state index contributed by atoms with van der Waals surface area (Å²) in [4.78, 5) is 25.3. The molecule has 0 aliphatic rings. The number of hydrogen-bond acceptors (Lipinski definition) is 2. The Kier molecular flexibility index (Phi) is 5.58. The number of aryl methyl sites for hydroxylation is 1. The van der Waals surface area contributed by atoms with Crippen molar-refractivity contribution >= 4 is 22.8 Å². The number of carbonyl (C=O) groups is 2. The van der Waals surface area contributed by atoms with Gasteiger partial charge in [-0.3, -0.25) is 9.59 Å². The molecule has 1 aromatic carbocycles. The van der Waals surface area contributed by atoms with Crippen LogP contribution in [0.4, 0.5) is 0 Å². The zero-order valence-corrected chi connectivity index (χ0v) is 12.8. The van der Waals surface area contributed by atoms with Crippen LogP contribution in [0.15, 0.2) is 24.4 Å². The highest BCUT2D eigenvalue weighted by molar-refractivity contribution is 5.86. The number of para-hydroxylation sites is 1. The number of rotatable bonds is 8. The van der Waals surface area contributed by atoms with E-state index in [0.29, 0.717) is 25.8 Å². The number of aliphatic carboxylic acids is 1. The zero-order valence-electron chi connectivity index (χ0n) is 12.8. The van der Waals surface area contributed by atoms with Gasteiger partial charge < -0.3 is 15.4 Å². The van der Waals surface area contributed by atoms with E-state index in [-0.39, 0.29) is 12.3 Å². The molecule has 0 aliphatic carbocycles. The first-order valence-corrected chi connectivity index (χ1v) is 7.62. The van der Waals surface area contributed by atoms with Crippen LogP contribution in [0.25, 0.3) is 10.9 Å². The minimum Gasteiger partial charge on any atom is -0.481 e. The van der Waals surface area contributed by atoms with E-state index in [2.05, 4.69) is 29.4 Å². The largest absolute Gasteiger partial charge is 0.481 e. The van der Waals surface area contributed by atoms with Gasteiger partial charge in [0.1, 0.15) is 0 Å². The molecule has 5 heteroatoms. The van der Waals surface area contributed by atoms with Gasteiger partial charge >= 0.3 is 5.97 Å². The van der Waals surface area contributed by atoms with Gasteiger partial charge in [-0.05, 0) is 37.3 Å². The molecule has 0 unspecified atom stereocenters. The summed E-state index contributed by atoms with van der Waals surface area (Å²) in [7, 11) is 0. The quantitative estimate of drug-likeness (QED) is 0.656. The van der Waals surface area contributed by atoms with Crippen molar-refractivity contribution in [3.63, 3.8) is 0 Å². The lowest BCUT2D eigenvalue weighted by molar-refractivity contribution is -0.137. The van der Waals surface area contributed by atoms with Crippen molar-refractivity contribution in [2.75, 3.05) is 6.54 Å². The predicted molar refractivity (Wildman–Crippen MR) is 85.9 cm³/mol. The summed E-state index contributed by atoms with van der Waals surface area (Å²) in [6, 6.07) is 6.19. The van der Waals surface area contributed by atoms with Crippen LogP contribution in [-0.2, 0) is 16.0 Å². The molecule has 5 nitrogen and oxygen atoms in total. The van der Waals surface area contributed by atoms with Gasteiger partial charge in [0.15, 0.2) is 0 Å². The highest BCUT2D eigenvalue weighted by Crippen LogP contribution is 2.21. The van der Waals surface area contributed by atoms with Gasteiger partial charge in [0, 0.05) is 36.5 Å². The smallest absolute Gasteiger partial charge is 0.303 e. The number of carbonyl (C=O) groups excluding carboxylic acids is 1. The van der Waals surface area contributed by atoms with Crippen LogP contribution < -0.4 is 5.32 Å². The topological polar surface area (TPSA) is 82.2 Å². The number of unbranched alkanes of at least 4 members (excludes halogenated alkanes) is 1. The molecule has 1 amide bonds. The third-order valence-corrected chi connectivity index (χ3v) is 3.77. The van der Waals surface area contributed by atoms with Crippen molar-refractivity contribution in [3.8, 4) is 0 Å². The number of aromatic amines is 1. The molecular formula is C17H22N2O3. The molecule has 1 heterocycles. The van der Waals surface area contributed by atoms with Crippen molar-refractivity contribution in [1.82, 2.24) is 10.3 Å². The van der Waals surface area contributed by atoms with Gasteiger partial charge in [-0.15, -0.1) is 0 Å². The Balaban J connectivity index is 1.75. The Bertz CT molecular complexity index is 661. The van der Waals surface area contributed by atoms with E-state index in [0.717, 1.165) is 11.9 Å². The number of carboxylic acid groups (broad SMARTS) is 1. The predicted octanol–water partition coefficient (Wildman–Crippen LogP) is 2.78. The van der Waals surface area contributed by atoms with Crippen LogP contribution in [0, 0.1) is 6.92 Å². The van der Waals surface area contributed by atoms with Crippen LogP contribution in [0.1, 0.15) is 36.8 Å². The Hall–Kier alpha value is -2.30. The molecule has 0 radical (unpaired) electrons. The standard InChI is InChI=1S/C17H22N2O3/c1-12-5-4-6-14-13(11-19-17(12)14)9-10-18-15(20)7-2-3-8-16(21)22/h4-6,11,19H,2-3,7-10H2,1H3,(H,18,20)(H,21,22). The van der Waals surface area contributed by atoms with E-state index in [1.165, 1.54) is 16.5 Å². The number of amides is 1. The molecule has 22 heavy (non-hydrogen) atoms. The fourth-order valence-electron chi connectivity index (χ4n) is 2.56. The number of carboxylic acids is 1. The van der Waals surface area contributed by atoms with Crippen LogP contribution in [0.2, 0.25) is 0 Å². The monoisotopic (exact) mass is 302 g/mol. The van der Waals surface area contributed by atoms with Crippen molar-refractivity contribution < 1.29 is 14.7 Å². The van der Waals surface area contributed by atoms with Crippen LogP contribution in [-0.4, -0.2) is 28.5 Å². The van der Waals surface area contributed by atoms with E-state index in [1.54, 1.807) is 0 Å². The highest BCUT2D eigenvalue weighted by Gasteiger charge is 2.06. The lowest BCUT2D eigenvalue weighted by Crippen LogP contribution is -2.25. The fourth-order valence-corrected chi connectivity index (χ4v) is 2.56. The molecule has 3 N–H and O–H groups in total. The number of benzene rings is 1. The fraction of sp³-hybridized carbons (Fsp3) is 0.412. The summed E-state index contributed by atoms with van der Waals surface area (Å²) >= 11 is 0. The molecule has 0 fully saturated rings. The molecule has 0 saturated carbocycles. The summed E-state index contributed by atoms with van der Waals surface area (Å²) in [5, 5.41) is 12.6. The molecule has 1 aromatic heterocycles. The first-order chi connectivity index (χ1) is 10.6. The third-order valence-electron chi connectivity index (χ3n) is 3.77. The Labute approximate surface area is 129 Å². The maximum Gasteiger partial charge on any atom is 0.303 e. The van der Waals surface area contributed by atoms with E-state index >= 15 is 0 Å². The normalized spacial score (nSPS) is 10.8. The van der Waals surface area contributed by atoms with Gasteiger partial charge in [0.25, 0.3) is 0 Å². The number of hydrogen-bond donors (Lipinski definition) is 3. The average Bonchev–Trinajstić information content (AvgIpc) is 2.88.